The van der Waals surface area contributed by atoms with E-state index < -0.39 is 16.8 Å². The van der Waals surface area contributed by atoms with E-state index in [1.54, 1.807) is 35.3 Å². The van der Waals surface area contributed by atoms with Crippen LogP contribution in [-0.2, 0) is 10.8 Å². The molecule has 0 fully saturated rings. The number of carboxylic acids is 1. The highest BCUT2D eigenvalue weighted by Crippen LogP contribution is 2.22. The molecule has 5 nitrogen and oxygen atoms in total. The number of aromatic nitrogens is 2. The molecule has 2 atom stereocenters. The molecule has 18 heavy (non-hydrogen) atoms. The van der Waals surface area contributed by atoms with Crippen molar-refractivity contribution in [3.8, 4) is 0 Å². The van der Waals surface area contributed by atoms with E-state index >= 15 is 0 Å². The molecule has 0 aliphatic rings. The predicted octanol–water partition coefficient (Wildman–Crippen LogP) is 1.67. The zero-order chi connectivity index (χ0) is 13.3. The highest BCUT2D eigenvalue weighted by molar-refractivity contribution is 7.84. The van der Waals surface area contributed by atoms with Crippen LogP contribution in [0.15, 0.2) is 24.5 Å². The largest absolute Gasteiger partial charge is 0.478 e. The summed E-state index contributed by atoms with van der Waals surface area (Å²) in [5, 5.41) is 9.19. The van der Waals surface area contributed by atoms with Crippen molar-refractivity contribution in [3.05, 3.63) is 30.1 Å². The standard InChI is InChI=1S/C12H14N2O3S/c1-8(6-18(2)17)14-7-13-10-5-3-4-9(11(10)14)12(15)16/h3-5,7-8H,6H2,1-2H3,(H,15,16). The number of fused-ring (bicyclic) bond motifs is 1. The van der Waals surface area contributed by atoms with Crippen LogP contribution in [0.25, 0.3) is 11.0 Å². The Balaban J connectivity index is 2.58. The smallest absolute Gasteiger partial charge is 0.337 e. The van der Waals surface area contributed by atoms with E-state index in [0.29, 0.717) is 16.8 Å². The number of carbonyl (C=O) groups is 1. The minimum atomic E-state index is -0.979. The summed E-state index contributed by atoms with van der Waals surface area (Å²) in [6.07, 6.45) is 3.24. The van der Waals surface area contributed by atoms with E-state index in [2.05, 4.69) is 4.98 Å². The highest BCUT2D eigenvalue weighted by atomic mass is 32.2. The summed E-state index contributed by atoms with van der Waals surface area (Å²) in [6.45, 7) is 1.90. The van der Waals surface area contributed by atoms with Crippen molar-refractivity contribution in [1.82, 2.24) is 9.55 Å². The van der Waals surface area contributed by atoms with Gasteiger partial charge in [-0.3, -0.25) is 4.21 Å². The summed E-state index contributed by atoms with van der Waals surface area (Å²) in [7, 11) is -0.937. The third kappa shape index (κ3) is 2.28. The van der Waals surface area contributed by atoms with E-state index in [1.807, 2.05) is 6.92 Å². The maximum absolute atomic E-state index is 11.3. The third-order valence-corrected chi connectivity index (χ3v) is 3.73. The molecule has 1 aromatic heterocycles. The van der Waals surface area contributed by atoms with Crippen LogP contribution in [0.4, 0.5) is 0 Å². The fourth-order valence-corrected chi connectivity index (χ4v) is 2.86. The lowest BCUT2D eigenvalue weighted by atomic mass is 10.1. The zero-order valence-corrected chi connectivity index (χ0v) is 11.0. The fraction of sp³-hybridized carbons (Fsp3) is 0.333. The van der Waals surface area contributed by atoms with Gasteiger partial charge >= 0.3 is 5.97 Å². The van der Waals surface area contributed by atoms with Gasteiger partial charge in [0.15, 0.2) is 0 Å². The van der Waals surface area contributed by atoms with Crippen molar-refractivity contribution >= 4 is 27.8 Å². The number of carboxylic acid groups (broad SMARTS) is 1. The zero-order valence-electron chi connectivity index (χ0n) is 10.2. The molecule has 0 saturated carbocycles. The van der Waals surface area contributed by atoms with Gasteiger partial charge in [-0.05, 0) is 19.1 Å². The number of nitrogens with zero attached hydrogens (tertiary/aromatic N) is 2. The molecule has 96 valence electrons. The second-order valence-corrected chi connectivity index (χ2v) is 5.70. The van der Waals surface area contributed by atoms with Crippen molar-refractivity contribution in [2.75, 3.05) is 12.0 Å². The topological polar surface area (TPSA) is 72.2 Å². The Kier molecular flexibility index (Phi) is 3.47. The average molecular weight is 266 g/mol. The van der Waals surface area contributed by atoms with Crippen molar-refractivity contribution < 1.29 is 14.1 Å². The number of hydrogen-bond acceptors (Lipinski definition) is 3. The number of imidazole rings is 1. The van der Waals surface area contributed by atoms with Crippen LogP contribution < -0.4 is 0 Å². The van der Waals surface area contributed by atoms with Gasteiger partial charge in [0.2, 0.25) is 0 Å². The Morgan fingerprint density at radius 3 is 2.89 bits per heavy atom. The van der Waals surface area contributed by atoms with Gasteiger partial charge in [0.05, 0.1) is 22.9 Å². The first-order valence-electron chi connectivity index (χ1n) is 5.49. The average Bonchev–Trinajstić information content (AvgIpc) is 2.70. The van der Waals surface area contributed by atoms with Crippen molar-refractivity contribution in [2.24, 2.45) is 0 Å². The Hall–Kier alpha value is -1.69. The van der Waals surface area contributed by atoms with Gasteiger partial charge in [0, 0.05) is 28.9 Å². The normalized spacial score (nSPS) is 14.6. The summed E-state index contributed by atoms with van der Waals surface area (Å²) in [5.74, 6) is -0.508. The van der Waals surface area contributed by atoms with Crippen molar-refractivity contribution in [2.45, 2.75) is 13.0 Å². The summed E-state index contributed by atoms with van der Waals surface area (Å²) < 4.78 is 13.0. The van der Waals surface area contributed by atoms with Crippen LogP contribution in [0, 0.1) is 0 Å². The molecule has 6 heteroatoms. The summed E-state index contributed by atoms with van der Waals surface area (Å²) in [4.78, 5) is 15.4. The third-order valence-electron chi connectivity index (χ3n) is 2.78. The Labute approximate surface area is 107 Å². The number of para-hydroxylation sites is 1. The minimum Gasteiger partial charge on any atom is -0.478 e. The van der Waals surface area contributed by atoms with Gasteiger partial charge in [-0.15, -0.1) is 0 Å². The number of benzene rings is 1. The van der Waals surface area contributed by atoms with Crippen LogP contribution >= 0.6 is 0 Å². The van der Waals surface area contributed by atoms with E-state index in [-0.39, 0.29) is 11.6 Å². The molecule has 1 N–H and O–H groups in total. The molecule has 1 aromatic carbocycles. The lowest BCUT2D eigenvalue weighted by Gasteiger charge is -2.13. The number of hydrogen-bond donors (Lipinski definition) is 1. The second-order valence-electron chi connectivity index (χ2n) is 4.22. The first kappa shape index (κ1) is 12.8. The number of aromatic carboxylic acids is 1. The lowest BCUT2D eigenvalue weighted by molar-refractivity contribution is 0.0698. The van der Waals surface area contributed by atoms with E-state index in [4.69, 9.17) is 0 Å². The van der Waals surface area contributed by atoms with Gasteiger partial charge in [-0.2, -0.15) is 0 Å². The van der Waals surface area contributed by atoms with Gasteiger partial charge in [0.25, 0.3) is 0 Å². The Morgan fingerprint density at radius 2 is 2.28 bits per heavy atom. The highest BCUT2D eigenvalue weighted by Gasteiger charge is 2.16. The van der Waals surface area contributed by atoms with Gasteiger partial charge < -0.3 is 9.67 Å². The van der Waals surface area contributed by atoms with Gasteiger partial charge in [-0.25, -0.2) is 9.78 Å². The Morgan fingerprint density at radius 1 is 1.56 bits per heavy atom. The molecular weight excluding hydrogens is 252 g/mol. The van der Waals surface area contributed by atoms with Gasteiger partial charge in [-0.1, -0.05) is 6.07 Å². The first-order valence-corrected chi connectivity index (χ1v) is 7.22. The molecule has 2 unspecified atom stereocenters. The van der Waals surface area contributed by atoms with E-state index in [9.17, 15) is 14.1 Å². The lowest BCUT2D eigenvalue weighted by Crippen LogP contribution is -2.13. The first-order chi connectivity index (χ1) is 8.50. The summed E-state index contributed by atoms with van der Waals surface area (Å²) >= 11 is 0. The second kappa shape index (κ2) is 4.89. The molecule has 2 rings (SSSR count). The van der Waals surface area contributed by atoms with Crippen LogP contribution in [-0.4, -0.2) is 36.8 Å². The summed E-state index contributed by atoms with van der Waals surface area (Å²) in [6, 6.07) is 4.94. The monoisotopic (exact) mass is 266 g/mol. The molecule has 0 spiro atoms. The quantitative estimate of drug-likeness (QED) is 0.913. The maximum atomic E-state index is 11.3. The van der Waals surface area contributed by atoms with E-state index in [1.165, 1.54) is 0 Å². The SMILES string of the molecule is CC(CS(C)=O)n1cnc2cccc(C(=O)O)c21. The molecule has 0 radical (unpaired) electrons. The van der Waals surface area contributed by atoms with Crippen LogP contribution in [0.1, 0.15) is 23.3 Å². The van der Waals surface area contributed by atoms with Crippen molar-refractivity contribution in [1.29, 1.82) is 0 Å². The summed E-state index contributed by atoms with van der Waals surface area (Å²) in [5.41, 5.74) is 1.45. The molecule has 0 aliphatic heterocycles. The molecule has 0 amide bonds. The molecule has 0 aliphatic carbocycles. The molecular formula is C12H14N2O3S. The minimum absolute atomic E-state index is 0.0543. The van der Waals surface area contributed by atoms with Crippen LogP contribution in [0.2, 0.25) is 0 Å². The van der Waals surface area contributed by atoms with Crippen LogP contribution in [0.5, 0.6) is 0 Å². The molecule has 2 aromatic rings. The fourth-order valence-electron chi connectivity index (χ4n) is 2.02. The maximum Gasteiger partial charge on any atom is 0.337 e. The predicted molar refractivity (Wildman–Crippen MR) is 70.3 cm³/mol. The molecule has 0 saturated heterocycles. The van der Waals surface area contributed by atoms with Gasteiger partial charge in [0.1, 0.15) is 0 Å². The Bertz CT molecular complexity index is 621. The molecule has 1 heterocycles. The number of rotatable bonds is 4. The van der Waals surface area contributed by atoms with Crippen LogP contribution in [0.3, 0.4) is 0 Å². The van der Waals surface area contributed by atoms with Crippen molar-refractivity contribution in [3.63, 3.8) is 0 Å². The van der Waals surface area contributed by atoms with E-state index in [0.717, 1.165) is 0 Å². The molecule has 0 bridgehead atoms.